The van der Waals surface area contributed by atoms with Gasteiger partial charge in [-0.3, -0.25) is 29.3 Å². The second-order valence-corrected chi connectivity index (χ2v) is 8.57. The molecule has 3 N–H and O–H groups in total. The zero-order chi connectivity index (χ0) is 24.9. The van der Waals surface area contributed by atoms with Crippen LogP contribution in [0.3, 0.4) is 0 Å². The number of imide groups is 1. The van der Waals surface area contributed by atoms with Gasteiger partial charge in [0.15, 0.2) is 6.29 Å². The summed E-state index contributed by atoms with van der Waals surface area (Å²) in [5, 5.41) is 8.22. The molecule has 9 heteroatoms. The van der Waals surface area contributed by atoms with Crippen LogP contribution < -0.4 is 16.0 Å². The molecule has 1 aromatic rings. The molecule has 4 amide bonds. The molecule has 0 saturated carbocycles. The van der Waals surface area contributed by atoms with Crippen molar-refractivity contribution in [3.63, 3.8) is 0 Å². The minimum Gasteiger partial charge on any atom is -0.383 e. The van der Waals surface area contributed by atoms with E-state index < -0.39 is 17.9 Å². The van der Waals surface area contributed by atoms with Crippen LogP contribution in [0.4, 0.5) is 5.69 Å². The van der Waals surface area contributed by atoms with E-state index in [1.807, 2.05) is 0 Å². The number of likely N-dealkylation sites (N-methyl/N-ethyl adjacent to an activating group) is 1. The van der Waals surface area contributed by atoms with E-state index >= 15 is 0 Å². The maximum Gasteiger partial charge on any atom is 0.257 e. The summed E-state index contributed by atoms with van der Waals surface area (Å²) in [5.41, 5.74) is 0.795. The fourth-order valence-corrected chi connectivity index (χ4v) is 3.98. The van der Waals surface area contributed by atoms with E-state index in [-0.39, 0.29) is 35.8 Å². The lowest BCUT2D eigenvalue weighted by Gasteiger charge is -2.30. The van der Waals surface area contributed by atoms with Crippen LogP contribution in [0.1, 0.15) is 85.4 Å². The predicted octanol–water partition coefficient (Wildman–Crippen LogP) is 2.66. The molecule has 0 spiro atoms. The smallest absolute Gasteiger partial charge is 0.257 e. The van der Waals surface area contributed by atoms with Crippen LogP contribution in [0.15, 0.2) is 18.2 Å². The molecule has 1 heterocycles. The first-order valence-corrected chi connectivity index (χ1v) is 12.1. The highest BCUT2D eigenvalue weighted by Crippen LogP contribution is 2.23. The summed E-state index contributed by atoms with van der Waals surface area (Å²) < 4.78 is 0. The number of aldehydes is 1. The number of hydrogen-bond donors (Lipinski definition) is 3. The molecule has 186 valence electrons. The number of nitrogens with one attached hydrogen (secondary N) is 3. The first kappa shape index (κ1) is 27.0. The van der Waals surface area contributed by atoms with Gasteiger partial charge in [0.25, 0.3) is 5.91 Å². The Kier molecular flexibility index (Phi) is 11.2. The lowest BCUT2D eigenvalue weighted by atomic mass is 10.0. The number of hydrogen-bond acceptors (Lipinski definition) is 6. The molecule has 1 aliphatic heterocycles. The highest BCUT2D eigenvalue weighted by Gasteiger charge is 2.34. The van der Waals surface area contributed by atoms with Crippen LogP contribution in [0.5, 0.6) is 0 Å². The predicted molar refractivity (Wildman–Crippen MR) is 130 cm³/mol. The Morgan fingerprint density at radius 2 is 1.85 bits per heavy atom. The fourth-order valence-electron chi connectivity index (χ4n) is 3.98. The third kappa shape index (κ3) is 7.97. The average molecular weight is 473 g/mol. The number of anilines is 1. The van der Waals surface area contributed by atoms with E-state index in [4.69, 9.17) is 0 Å². The SMILES string of the molecule is CCCCCCCCC(=O)NCCNc1cccc(C=O)c1C(=O)N(C)C1CCC(=O)NC1=O. The second kappa shape index (κ2) is 14.1. The molecule has 1 aliphatic rings. The Labute approximate surface area is 201 Å². The molecule has 0 aromatic heterocycles. The maximum atomic E-state index is 13.2. The molecular weight excluding hydrogens is 436 g/mol. The zero-order valence-electron chi connectivity index (χ0n) is 20.2. The van der Waals surface area contributed by atoms with E-state index in [0.717, 1.165) is 19.3 Å². The van der Waals surface area contributed by atoms with E-state index in [1.165, 1.54) is 37.3 Å². The number of unbranched alkanes of at least 4 members (excludes halogenated alkanes) is 5. The number of carbonyl (C=O) groups is 5. The van der Waals surface area contributed by atoms with Crippen LogP contribution in [0.25, 0.3) is 0 Å². The lowest BCUT2D eigenvalue weighted by molar-refractivity contribution is -0.136. The first-order chi connectivity index (χ1) is 16.4. The minimum absolute atomic E-state index is 0.00664. The molecule has 0 bridgehead atoms. The number of piperidine rings is 1. The van der Waals surface area contributed by atoms with Crippen LogP contribution >= 0.6 is 0 Å². The molecule has 1 unspecified atom stereocenters. The molecule has 2 rings (SSSR count). The van der Waals surface area contributed by atoms with Gasteiger partial charge in [-0.1, -0.05) is 51.2 Å². The summed E-state index contributed by atoms with van der Waals surface area (Å²) in [6, 6.07) is 4.08. The van der Waals surface area contributed by atoms with Crippen LogP contribution in [0.2, 0.25) is 0 Å². The van der Waals surface area contributed by atoms with Gasteiger partial charge in [-0.2, -0.15) is 0 Å². The van der Waals surface area contributed by atoms with Gasteiger partial charge in [0.05, 0.1) is 5.56 Å². The maximum absolute atomic E-state index is 13.2. The van der Waals surface area contributed by atoms with Crippen LogP contribution in [-0.4, -0.2) is 61.0 Å². The van der Waals surface area contributed by atoms with Crippen molar-refractivity contribution in [1.82, 2.24) is 15.5 Å². The van der Waals surface area contributed by atoms with Crippen molar-refractivity contribution in [2.75, 3.05) is 25.5 Å². The first-order valence-electron chi connectivity index (χ1n) is 12.1. The van der Waals surface area contributed by atoms with Crippen molar-refractivity contribution < 1.29 is 24.0 Å². The van der Waals surface area contributed by atoms with E-state index in [1.54, 1.807) is 12.1 Å². The molecule has 0 aliphatic carbocycles. The fraction of sp³-hybridized carbons (Fsp3) is 0.560. The number of rotatable bonds is 14. The summed E-state index contributed by atoms with van der Waals surface area (Å²) in [6.45, 7) is 2.91. The zero-order valence-corrected chi connectivity index (χ0v) is 20.2. The van der Waals surface area contributed by atoms with Gasteiger partial charge in [-0.05, 0) is 18.9 Å². The van der Waals surface area contributed by atoms with Crippen molar-refractivity contribution in [1.29, 1.82) is 0 Å². The second-order valence-electron chi connectivity index (χ2n) is 8.57. The van der Waals surface area contributed by atoms with Crippen molar-refractivity contribution >= 4 is 35.6 Å². The van der Waals surface area contributed by atoms with Gasteiger partial charge in [-0.25, -0.2) is 0 Å². The minimum atomic E-state index is -0.793. The highest BCUT2D eigenvalue weighted by molar-refractivity contribution is 6.08. The number of benzene rings is 1. The summed E-state index contributed by atoms with van der Waals surface area (Å²) >= 11 is 0. The van der Waals surface area contributed by atoms with Gasteiger partial charge in [-0.15, -0.1) is 0 Å². The average Bonchev–Trinajstić information content (AvgIpc) is 2.83. The third-order valence-corrected chi connectivity index (χ3v) is 5.96. The molecule has 1 atom stereocenters. The van der Waals surface area contributed by atoms with E-state index in [0.29, 0.717) is 31.5 Å². The van der Waals surface area contributed by atoms with Crippen molar-refractivity contribution in [3.8, 4) is 0 Å². The molecule has 9 nitrogen and oxygen atoms in total. The largest absolute Gasteiger partial charge is 0.383 e. The molecule has 1 fully saturated rings. The van der Waals surface area contributed by atoms with E-state index in [9.17, 15) is 24.0 Å². The van der Waals surface area contributed by atoms with Gasteiger partial charge in [0.2, 0.25) is 17.7 Å². The van der Waals surface area contributed by atoms with E-state index in [2.05, 4.69) is 22.9 Å². The Morgan fingerprint density at radius 3 is 2.56 bits per heavy atom. The number of nitrogens with zero attached hydrogens (tertiary/aromatic N) is 1. The summed E-state index contributed by atoms with van der Waals surface area (Å²) in [4.78, 5) is 61.7. The monoisotopic (exact) mass is 472 g/mol. The van der Waals surface area contributed by atoms with Crippen LogP contribution in [0, 0.1) is 0 Å². The molecule has 1 saturated heterocycles. The Hall–Kier alpha value is -3.23. The standard InChI is InChI=1S/C25H36N4O5/c1-3-4-5-6-7-8-12-21(31)27-16-15-26-19-11-9-10-18(17-30)23(19)25(34)29(2)20-13-14-22(32)28-24(20)33/h9-11,17,20,26H,3-8,12-16H2,1-2H3,(H,27,31)(H,28,32,33). The summed E-state index contributed by atoms with van der Waals surface area (Å²) in [6.07, 6.45) is 8.18. The van der Waals surface area contributed by atoms with Crippen molar-refractivity contribution in [2.45, 2.75) is 70.8 Å². The van der Waals surface area contributed by atoms with Gasteiger partial charge < -0.3 is 15.5 Å². The van der Waals surface area contributed by atoms with Crippen molar-refractivity contribution in [2.24, 2.45) is 0 Å². The summed E-state index contributed by atoms with van der Waals surface area (Å²) in [7, 11) is 1.48. The third-order valence-electron chi connectivity index (χ3n) is 5.96. The van der Waals surface area contributed by atoms with Gasteiger partial charge in [0.1, 0.15) is 6.04 Å². The number of carbonyl (C=O) groups excluding carboxylic acids is 5. The highest BCUT2D eigenvalue weighted by atomic mass is 16.2. The van der Waals surface area contributed by atoms with Gasteiger partial charge in [0, 0.05) is 44.2 Å². The van der Waals surface area contributed by atoms with Crippen LogP contribution in [-0.2, 0) is 14.4 Å². The van der Waals surface area contributed by atoms with Gasteiger partial charge >= 0.3 is 0 Å². The quantitative estimate of drug-likeness (QED) is 0.217. The summed E-state index contributed by atoms with van der Waals surface area (Å²) in [5.74, 6) is -1.39. The molecule has 0 radical (unpaired) electrons. The Balaban J connectivity index is 1.91. The normalized spacial score (nSPS) is 15.4. The number of amides is 4. The Bertz CT molecular complexity index is 886. The molecule has 1 aromatic carbocycles. The topological polar surface area (TPSA) is 125 Å². The lowest BCUT2D eigenvalue weighted by Crippen LogP contribution is -2.53. The Morgan fingerprint density at radius 1 is 1.12 bits per heavy atom. The van der Waals surface area contributed by atoms with Crippen molar-refractivity contribution in [3.05, 3.63) is 29.3 Å². The molecular formula is C25H36N4O5. The molecule has 34 heavy (non-hydrogen) atoms.